The van der Waals surface area contributed by atoms with Crippen LogP contribution in [0.2, 0.25) is 0 Å². The highest BCUT2D eigenvalue weighted by atomic mass is 33.5. The first-order valence-electron chi connectivity index (χ1n) is 10.6. The number of nitrogens with zero attached hydrogens (tertiary/aromatic N) is 8. The average Bonchev–Trinajstić information content (AvgIpc) is 2.76. The standard InChI is InChI=1S/C18H32N10S3/c1-7-19-13-21-15(27(9-3)10-4)25-17(23-13)29-31-30-18-24-14(20-8-2)22-16(26-18)28(11-5)12-6/h7-12H2,1-6H3,(H,19,21,23,25)(H,20,22,24,26). The lowest BCUT2D eigenvalue weighted by atomic mass is 10.5. The molecule has 10 nitrogen and oxygen atoms in total. The van der Waals surface area contributed by atoms with E-state index in [-0.39, 0.29) is 0 Å². The second kappa shape index (κ2) is 13.6. The summed E-state index contributed by atoms with van der Waals surface area (Å²) in [6, 6.07) is 0. The lowest BCUT2D eigenvalue weighted by Gasteiger charge is -2.19. The predicted octanol–water partition coefficient (Wildman–Crippen LogP) is 4.06. The molecule has 0 radical (unpaired) electrons. The maximum atomic E-state index is 4.63. The molecule has 2 rings (SSSR count). The Morgan fingerprint density at radius 2 is 0.968 bits per heavy atom. The van der Waals surface area contributed by atoms with Gasteiger partial charge in [0.2, 0.25) is 34.1 Å². The molecule has 0 fully saturated rings. The van der Waals surface area contributed by atoms with Gasteiger partial charge in [0.15, 0.2) is 0 Å². The minimum absolute atomic E-state index is 0.589. The Morgan fingerprint density at radius 1 is 0.581 bits per heavy atom. The van der Waals surface area contributed by atoms with E-state index in [9.17, 15) is 0 Å². The lowest BCUT2D eigenvalue weighted by Crippen LogP contribution is -2.25. The fourth-order valence-electron chi connectivity index (χ4n) is 2.61. The molecule has 0 atom stereocenters. The molecule has 2 N–H and O–H groups in total. The van der Waals surface area contributed by atoms with Gasteiger partial charge in [0.25, 0.3) is 0 Å². The van der Waals surface area contributed by atoms with Gasteiger partial charge in [0.1, 0.15) is 0 Å². The Hall–Kier alpha value is -1.73. The van der Waals surface area contributed by atoms with Gasteiger partial charge in [-0.05, 0) is 73.0 Å². The molecule has 172 valence electrons. The maximum Gasteiger partial charge on any atom is 0.231 e. The van der Waals surface area contributed by atoms with Crippen LogP contribution in [0.1, 0.15) is 41.5 Å². The molecule has 13 heteroatoms. The molecule has 0 saturated heterocycles. The second-order valence-corrected chi connectivity index (χ2v) is 9.96. The van der Waals surface area contributed by atoms with Gasteiger partial charge in [-0.1, -0.05) is 0 Å². The molecule has 2 heterocycles. The summed E-state index contributed by atoms with van der Waals surface area (Å²) < 4.78 is 0. The Morgan fingerprint density at radius 3 is 1.29 bits per heavy atom. The molecule has 2 aromatic heterocycles. The van der Waals surface area contributed by atoms with E-state index in [1.54, 1.807) is 0 Å². The highest BCUT2D eigenvalue weighted by Gasteiger charge is 2.14. The van der Waals surface area contributed by atoms with Crippen LogP contribution in [0.15, 0.2) is 10.3 Å². The molecule has 2 aromatic rings. The zero-order chi connectivity index (χ0) is 22.6. The van der Waals surface area contributed by atoms with Gasteiger partial charge in [-0.15, -0.1) is 0 Å². The molecule has 0 spiro atoms. The highest BCUT2D eigenvalue weighted by Crippen LogP contribution is 2.42. The summed E-state index contributed by atoms with van der Waals surface area (Å²) in [7, 11) is 4.46. The third kappa shape index (κ3) is 7.72. The predicted molar refractivity (Wildman–Crippen MR) is 134 cm³/mol. The molecule has 0 aliphatic rings. The quantitative estimate of drug-likeness (QED) is 0.376. The summed E-state index contributed by atoms with van der Waals surface area (Å²) in [6.07, 6.45) is 0. The molecule has 0 aliphatic heterocycles. The zero-order valence-corrected chi connectivity index (χ0v) is 21.5. The van der Waals surface area contributed by atoms with Crippen LogP contribution in [0.5, 0.6) is 0 Å². The van der Waals surface area contributed by atoms with Gasteiger partial charge in [-0.3, -0.25) is 0 Å². The van der Waals surface area contributed by atoms with Crippen LogP contribution in [0.4, 0.5) is 23.8 Å². The fraction of sp³-hybridized carbons (Fsp3) is 0.667. The number of hydrogen-bond donors (Lipinski definition) is 2. The zero-order valence-electron chi connectivity index (χ0n) is 19.0. The topological polar surface area (TPSA) is 108 Å². The third-order valence-corrected chi connectivity index (χ3v) is 7.51. The minimum atomic E-state index is 0.589. The average molecular weight is 485 g/mol. The molecule has 31 heavy (non-hydrogen) atoms. The Kier molecular flexibility index (Phi) is 11.2. The molecule has 0 aliphatic carbocycles. The molecular weight excluding hydrogens is 452 g/mol. The van der Waals surface area contributed by atoms with Gasteiger partial charge < -0.3 is 20.4 Å². The third-order valence-electron chi connectivity index (χ3n) is 4.19. The largest absolute Gasteiger partial charge is 0.354 e. The summed E-state index contributed by atoms with van der Waals surface area (Å²) in [5.74, 6) is 2.54. The van der Waals surface area contributed by atoms with E-state index in [4.69, 9.17) is 0 Å². The van der Waals surface area contributed by atoms with Crippen LogP contribution in [-0.4, -0.2) is 69.2 Å². The first-order valence-corrected chi connectivity index (χ1v) is 14.1. The Labute approximate surface area is 196 Å². The van der Waals surface area contributed by atoms with E-state index >= 15 is 0 Å². The molecule has 0 unspecified atom stereocenters. The van der Waals surface area contributed by atoms with Crippen molar-refractivity contribution in [1.82, 2.24) is 29.9 Å². The SMILES string of the molecule is CCNc1nc(SSSc2nc(NCC)nc(N(CC)CC)n2)nc(N(CC)CC)n1. The first-order chi connectivity index (χ1) is 15.1. The van der Waals surface area contributed by atoms with E-state index in [2.05, 4.69) is 78.0 Å². The van der Waals surface area contributed by atoms with Gasteiger partial charge in [-0.25, -0.2) is 0 Å². The molecule has 0 amide bonds. The van der Waals surface area contributed by atoms with Crippen molar-refractivity contribution in [2.24, 2.45) is 0 Å². The van der Waals surface area contributed by atoms with Crippen molar-refractivity contribution < 1.29 is 0 Å². The van der Waals surface area contributed by atoms with Gasteiger partial charge in [-0.2, -0.15) is 29.9 Å². The summed E-state index contributed by atoms with van der Waals surface area (Å²) in [6.45, 7) is 17.3. The van der Waals surface area contributed by atoms with E-state index in [0.717, 1.165) is 39.3 Å². The molecular formula is C18H32N10S3. The summed E-state index contributed by atoms with van der Waals surface area (Å²) >= 11 is 0. The van der Waals surface area contributed by atoms with Crippen LogP contribution >= 0.6 is 31.4 Å². The Bertz CT molecular complexity index is 737. The smallest absolute Gasteiger partial charge is 0.231 e. The second-order valence-electron chi connectivity index (χ2n) is 6.12. The van der Waals surface area contributed by atoms with Crippen LogP contribution in [-0.2, 0) is 0 Å². The molecule has 0 aromatic carbocycles. The van der Waals surface area contributed by atoms with Crippen molar-refractivity contribution in [2.75, 3.05) is 59.7 Å². The minimum Gasteiger partial charge on any atom is -0.354 e. The number of hydrogen-bond acceptors (Lipinski definition) is 13. The van der Waals surface area contributed by atoms with Crippen molar-refractivity contribution in [3.05, 3.63) is 0 Å². The number of rotatable bonds is 14. The highest BCUT2D eigenvalue weighted by molar-refractivity contribution is 9.09. The van der Waals surface area contributed by atoms with Crippen molar-refractivity contribution in [3.8, 4) is 0 Å². The first kappa shape index (κ1) is 25.5. The fourth-order valence-corrected chi connectivity index (χ4v) is 5.57. The maximum absolute atomic E-state index is 4.63. The summed E-state index contributed by atoms with van der Waals surface area (Å²) in [5.41, 5.74) is 0. The van der Waals surface area contributed by atoms with Gasteiger partial charge in [0.05, 0.1) is 0 Å². The monoisotopic (exact) mass is 484 g/mol. The van der Waals surface area contributed by atoms with E-state index < -0.39 is 0 Å². The van der Waals surface area contributed by atoms with E-state index in [1.807, 2.05) is 13.8 Å². The van der Waals surface area contributed by atoms with Crippen molar-refractivity contribution >= 4 is 55.2 Å². The van der Waals surface area contributed by atoms with Crippen molar-refractivity contribution in [3.63, 3.8) is 0 Å². The summed E-state index contributed by atoms with van der Waals surface area (Å²) in [5, 5.41) is 7.67. The van der Waals surface area contributed by atoms with Crippen LogP contribution in [0, 0.1) is 0 Å². The Balaban J connectivity index is 2.16. The van der Waals surface area contributed by atoms with Crippen LogP contribution < -0.4 is 20.4 Å². The van der Waals surface area contributed by atoms with Crippen molar-refractivity contribution in [1.29, 1.82) is 0 Å². The normalized spacial score (nSPS) is 10.8. The molecule has 0 bridgehead atoms. The van der Waals surface area contributed by atoms with Crippen LogP contribution in [0.25, 0.3) is 0 Å². The summed E-state index contributed by atoms with van der Waals surface area (Å²) in [4.78, 5) is 31.6. The van der Waals surface area contributed by atoms with E-state index in [1.165, 1.54) is 31.4 Å². The molecule has 0 saturated carbocycles. The van der Waals surface area contributed by atoms with Gasteiger partial charge >= 0.3 is 0 Å². The van der Waals surface area contributed by atoms with Gasteiger partial charge in [0, 0.05) is 39.3 Å². The number of aromatic nitrogens is 6. The van der Waals surface area contributed by atoms with Crippen molar-refractivity contribution in [2.45, 2.75) is 51.9 Å². The lowest BCUT2D eigenvalue weighted by molar-refractivity contribution is 0.784. The number of anilines is 4. The van der Waals surface area contributed by atoms with E-state index in [0.29, 0.717) is 34.1 Å². The number of nitrogens with one attached hydrogen (secondary N) is 2. The van der Waals surface area contributed by atoms with Crippen LogP contribution in [0.3, 0.4) is 0 Å².